The number of rotatable bonds is 6. The lowest BCUT2D eigenvalue weighted by molar-refractivity contribution is -0.147. The van der Waals surface area contributed by atoms with Gasteiger partial charge in [0.2, 0.25) is 0 Å². The summed E-state index contributed by atoms with van der Waals surface area (Å²) in [5.41, 5.74) is 0. The van der Waals surface area contributed by atoms with Crippen molar-refractivity contribution in [1.29, 1.82) is 0 Å². The summed E-state index contributed by atoms with van der Waals surface area (Å²) in [6.45, 7) is 5.54. The fourth-order valence-electron chi connectivity index (χ4n) is 2.28. The Balaban J connectivity index is 2.15. The Labute approximate surface area is 104 Å². The fourth-order valence-corrected chi connectivity index (χ4v) is 2.28. The molecule has 0 aliphatic heterocycles. The average Bonchev–Trinajstić information content (AvgIpc) is 2.31. The van der Waals surface area contributed by atoms with Gasteiger partial charge >= 0.3 is 5.97 Å². The third-order valence-electron chi connectivity index (χ3n) is 3.41. The van der Waals surface area contributed by atoms with E-state index in [0.717, 1.165) is 25.8 Å². The van der Waals surface area contributed by atoms with E-state index in [1.54, 1.807) is 0 Å². The first-order valence-corrected chi connectivity index (χ1v) is 6.70. The zero-order valence-corrected chi connectivity index (χ0v) is 10.9. The molecule has 0 spiro atoms. The molecule has 4 heteroatoms. The van der Waals surface area contributed by atoms with Crippen LogP contribution in [0.25, 0.3) is 0 Å². The highest BCUT2D eigenvalue weighted by Crippen LogP contribution is 2.23. The molecule has 3 atom stereocenters. The highest BCUT2D eigenvalue weighted by atomic mass is 16.5. The van der Waals surface area contributed by atoms with Gasteiger partial charge in [-0.3, -0.25) is 4.79 Å². The molecule has 0 aromatic carbocycles. The van der Waals surface area contributed by atoms with Gasteiger partial charge < -0.3 is 15.2 Å². The maximum absolute atomic E-state index is 11.4. The zero-order chi connectivity index (χ0) is 12.7. The summed E-state index contributed by atoms with van der Waals surface area (Å²) in [4.78, 5) is 11.4. The van der Waals surface area contributed by atoms with Crippen LogP contribution in [-0.2, 0) is 9.53 Å². The van der Waals surface area contributed by atoms with Gasteiger partial charge in [-0.05, 0) is 25.7 Å². The molecule has 1 aliphatic rings. The number of ether oxygens (including phenoxy) is 1. The summed E-state index contributed by atoms with van der Waals surface area (Å²) in [7, 11) is 0. The number of esters is 1. The van der Waals surface area contributed by atoms with Crippen LogP contribution in [0.1, 0.15) is 39.5 Å². The molecule has 0 bridgehead atoms. The Morgan fingerprint density at radius 2 is 2.18 bits per heavy atom. The summed E-state index contributed by atoms with van der Waals surface area (Å²) in [5, 5.41) is 13.1. The average molecular weight is 243 g/mol. The largest absolute Gasteiger partial charge is 0.466 e. The molecule has 1 fully saturated rings. The van der Waals surface area contributed by atoms with Gasteiger partial charge in [-0.1, -0.05) is 19.8 Å². The third-order valence-corrected chi connectivity index (χ3v) is 3.41. The van der Waals surface area contributed by atoms with Crippen LogP contribution in [0.3, 0.4) is 0 Å². The van der Waals surface area contributed by atoms with E-state index in [4.69, 9.17) is 4.74 Å². The second-order valence-corrected chi connectivity index (χ2v) is 4.92. The monoisotopic (exact) mass is 243 g/mol. The molecule has 4 nitrogen and oxygen atoms in total. The predicted molar refractivity (Wildman–Crippen MR) is 66.6 cm³/mol. The van der Waals surface area contributed by atoms with Crippen LogP contribution < -0.4 is 5.32 Å². The maximum Gasteiger partial charge on any atom is 0.309 e. The molecule has 0 saturated heterocycles. The molecule has 17 heavy (non-hydrogen) atoms. The van der Waals surface area contributed by atoms with Crippen molar-refractivity contribution in [1.82, 2.24) is 5.32 Å². The SMILES string of the molecule is CCOC(=O)C(C)CNCC1CCCCC1O. The van der Waals surface area contributed by atoms with E-state index in [9.17, 15) is 9.90 Å². The van der Waals surface area contributed by atoms with Gasteiger partial charge in [-0.2, -0.15) is 0 Å². The lowest BCUT2D eigenvalue weighted by Crippen LogP contribution is -2.37. The summed E-state index contributed by atoms with van der Waals surface area (Å²) in [5.74, 6) is 0.0815. The zero-order valence-electron chi connectivity index (χ0n) is 10.9. The smallest absolute Gasteiger partial charge is 0.309 e. The molecule has 2 N–H and O–H groups in total. The molecule has 1 aliphatic carbocycles. The van der Waals surface area contributed by atoms with Crippen molar-refractivity contribution >= 4 is 5.97 Å². The first kappa shape index (κ1) is 14.5. The minimum Gasteiger partial charge on any atom is -0.466 e. The standard InChI is InChI=1S/C13H25NO3/c1-3-17-13(16)10(2)8-14-9-11-6-4-5-7-12(11)15/h10-12,14-15H,3-9H2,1-2H3. The van der Waals surface area contributed by atoms with Crippen molar-refractivity contribution in [2.24, 2.45) is 11.8 Å². The number of hydrogen-bond acceptors (Lipinski definition) is 4. The number of hydrogen-bond donors (Lipinski definition) is 2. The number of carbonyl (C=O) groups excluding carboxylic acids is 1. The van der Waals surface area contributed by atoms with E-state index < -0.39 is 0 Å². The van der Waals surface area contributed by atoms with Gasteiger partial charge in [0.05, 0.1) is 18.6 Å². The molecule has 0 heterocycles. The summed E-state index contributed by atoms with van der Waals surface area (Å²) >= 11 is 0. The van der Waals surface area contributed by atoms with E-state index in [1.807, 2.05) is 13.8 Å². The summed E-state index contributed by atoms with van der Waals surface area (Å²) in [6, 6.07) is 0. The summed E-state index contributed by atoms with van der Waals surface area (Å²) < 4.78 is 4.94. The van der Waals surface area contributed by atoms with Crippen LogP contribution in [0, 0.1) is 11.8 Å². The van der Waals surface area contributed by atoms with E-state index in [-0.39, 0.29) is 18.0 Å². The molecule has 0 radical (unpaired) electrons. The lowest BCUT2D eigenvalue weighted by atomic mass is 9.86. The van der Waals surface area contributed by atoms with E-state index in [1.165, 1.54) is 6.42 Å². The second-order valence-electron chi connectivity index (χ2n) is 4.92. The fraction of sp³-hybridized carbons (Fsp3) is 0.923. The molecule has 0 aromatic heterocycles. The first-order valence-electron chi connectivity index (χ1n) is 6.70. The van der Waals surface area contributed by atoms with Crippen LogP contribution >= 0.6 is 0 Å². The Kier molecular flexibility index (Phi) is 6.52. The van der Waals surface area contributed by atoms with E-state index in [2.05, 4.69) is 5.32 Å². The molecular formula is C13H25NO3. The molecule has 1 saturated carbocycles. The highest BCUT2D eigenvalue weighted by molar-refractivity contribution is 5.72. The Morgan fingerprint density at radius 3 is 2.82 bits per heavy atom. The van der Waals surface area contributed by atoms with Crippen LogP contribution in [0.4, 0.5) is 0 Å². The maximum atomic E-state index is 11.4. The normalized spacial score (nSPS) is 26.5. The first-order chi connectivity index (χ1) is 8.15. The van der Waals surface area contributed by atoms with Crippen molar-refractivity contribution in [2.75, 3.05) is 19.7 Å². The Morgan fingerprint density at radius 1 is 1.47 bits per heavy atom. The van der Waals surface area contributed by atoms with Gasteiger partial charge in [-0.15, -0.1) is 0 Å². The van der Waals surface area contributed by atoms with Crippen molar-refractivity contribution in [3.8, 4) is 0 Å². The van der Waals surface area contributed by atoms with Crippen molar-refractivity contribution < 1.29 is 14.6 Å². The van der Waals surface area contributed by atoms with Crippen molar-refractivity contribution in [3.05, 3.63) is 0 Å². The predicted octanol–water partition coefficient (Wildman–Crippen LogP) is 1.33. The number of aliphatic hydroxyl groups is 1. The highest BCUT2D eigenvalue weighted by Gasteiger charge is 2.23. The quantitative estimate of drug-likeness (QED) is 0.691. The minimum absolute atomic E-state index is 0.115. The van der Waals surface area contributed by atoms with Gasteiger partial charge in [0, 0.05) is 13.1 Å². The molecule has 0 aromatic rings. The van der Waals surface area contributed by atoms with Crippen molar-refractivity contribution in [2.45, 2.75) is 45.6 Å². The number of aliphatic hydroxyl groups excluding tert-OH is 1. The molecule has 100 valence electrons. The van der Waals surface area contributed by atoms with Crippen LogP contribution in [0.5, 0.6) is 0 Å². The summed E-state index contributed by atoms with van der Waals surface area (Å²) in [6.07, 6.45) is 4.17. The van der Waals surface area contributed by atoms with E-state index >= 15 is 0 Å². The molecular weight excluding hydrogens is 218 g/mol. The number of nitrogens with one attached hydrogen (secondary N) is 1. The lowest BCUT2D eigenvalue weighted by Gasteiger charge is -2.28. The van der Waals surface area contributed by atoms with E-state index in [0.29, 0.717) is 19.1 Å². The van der Waals surface area contributed by atoms with Gasteiger partial charge in [-0.25, -0.2) is 0 Å². The topological polar surface area (TPSA) is 58.6 Å². The Hall–Kier alpha value is -0.610. The van der Waals surface area contributed by atoms with Gasteiger partial charge in [0.15, 0.2) is 0 Å². The van der Waals surface area contributed by atoms with Crippen LogP contribution in [0.15, 0.2) is 0 Å². The van der Waals surface area contributed by atoms with Crippen molar-refractivity contribution in [3.63, 3.8) is 0 Å². The van der Waals surface area contributed by atoms with Gasteiger partial charge in [0.25, 0.3) is 0 Å². The third kappa shape index (κ3) is 5.04. The molecule has 1 rings (SSSR count). The minimum atomic E-state index is -0.172. The number of carbonyl (C=O) groups is 1. The van der Waals surface area contributed by atoms with Crippen LogP contribution in [-0.4, -0.2) is 36.9 Å². The molecule has 3 unspecified atom stereocenters. The van der Waals surface area contributed by atoms with Crippen LogP contribution in [0.2, 0.25) is 0 Å². The molecule has 0 amide bonds. The van der Waals surface area contributed by atoms with Gasteiger partial charge in [0.1, 0.15) is 0 Å². The Bertz CT molecular complexity index is 233. The second kappa shape index (κ2) is 7.67.